The first-order valence-corrected chi connectivity index (χ1v) is 6.12. The summed E-state index contributed by atoms with van der Waals surface area (Å²) in [4.78, 5) is 25.0. The Morgan fingerprint density at radius 1 is 1.26 bits per heavy atom. The Morgan fingerprint density at radius 3 is 2.58 bits per heavy atom. The molecule has 0 atom stereocenters. The second kappa shape index (κ2) is 7.41. The van der Waals surface area contributed by atoms with E-state index in [9.17, 15) is 9.59 Å². The van der Waals surface area contributed by atoms with E-state index in [1.807, 2.05) is 6.92 Å². The molecule has 0 bridgehead atoms. The van der Waals surface area contributed by atoms with E-state index >= 15 is 0 Å². The van der Waals surface area contributed by atoms with E-state index < -0.39 is 0 Å². The van der Waals surface area contributed by atoms with Gasteiger partial charge < -0.3 is 14.4 Å². The van der Waals surface area contributed by atoms with Crippen LogP contribution in [0, 0.1) is 0 Å². The van der Waals surface area contributed by atoms with Crippen LogP contribution in [0.4, 0.5) is 0 Å². The number of amides is 1. The molecule has 0 aliphatic carbocycles. The maximum Gasteiger partial charge on any atom is 0.307 e. The summed E-state index contributed by atoms with van der Waals surface area (Å²) in [6, 6.07) is 6.95. The molecule has 19 heavy (non-hydrogen) atoms. The summed E-state index contributed by atoms with van der Waals surface area (Å²) in [5, 5.41) is 0. The van der Waals surface area contributed by atoms with Gasteiger partial charge in [-0.05, 0) is 25.1 Å². The zero-order valence-corrected chi connectivity index (χ0v) is 11.5. The highest BCUT2D eigenvalue weighted by atomic mass is 16.5. The molecule has 0 radical (unpaired) electrons. The summed E-state index contributed by atoms with van der Waals surface area (Å²) in [6.45, 7) is 2.75. The van der Waals surface area contributed by atoms with Crippen molar-refractivity contribution < 1.29 is 19.1 Å². The van der Waals surface area contributed by atoms with Crippen LogP contribution in [0.25, 0.3) is 0 Å². The molecule has 1 aromatic carbocycles. The third-order valence-corrected chi connectivity index (χ3v) is 2.80. The Hall–Kier alpha value is -2.04. The molecule has 0 unspecified atom stereocenters. The van der Waals surface area contributed by atoms with Crippen LogP contribution in [0.3, 0.4) is 0 Å². The van der Waals surface area contributed by atoms with Crippen LogP contribution in [0.15, 0.2) is 24.3 Å². The van der Waals surface area contributed by atoms with Crippen molar-refractivity contribution in [1.29, 1.82) is 0 Å². The summed E-state index contributed by atoms with van der Waals surface area (Å²) in [6.07, 6.45) is 0.194. The van der Waals surface area contributed by atoms with Gasteiger partial charge in [0.2, 0.25) is 0 Å². The summed E-state index contributed by atoms with van der Waals surface area (Å²) >= 11 is 0. The lowest BCUT2D eigenvalue weighted by atomic mass is 10.2. The first-order chi connectivity index (χ1) is 9.12. The summed E-state index contributed by atoms with van der Waals surface area (Å²) in [5.74, 6) is 0.192. The molecule has 0 spiro atoms. The molecule has 0 fully saturated rings. The fraction of sp³-hybridized carbons (Fsp3) is 0.429. The zero-order chi connectivity index (χ0) is 14.3. The van der Waals surface area contributed by atoms with Gasteiger partial charge >= 0.3 is 5.97 Å². The van der Waals surface area contributed by atoms with Crippen molar-refractivity contribution in [2.45, 2.75) is 13.3 Å². The molecular formula is C14H19NO4. The van der Waals surface area contributed by atoms with Gasteiger partial charge in [0.15, 0.2) is 0 Å². The number of rotatable bonds is 6. The first kappa shape index (κ1) is 15.0. The van der Waals surface area contributed by atoms with Crippen molar-refractivity contribution in [3.05, 3.63) is 29.8 Å². The van der Waals surface area contributed by atoms with E-state index in [4.69, 9.17) is 4.74 Å². The number of ether oxygens (including phenoxy) is 2. The SMILES string of the molecule is CCN(CCC(=O)OC)C(=O)c1cccc(OC)c1. The third kappa shape index (κ3) is 4.28. The summed E-state index contributed by atoms with van der Waals surface area (Å²) in [7, 11) is 2.89. The monoisotopic (exact) mass is 265 g/mol. The van der Waals surface area contributed by atoms with E-state index in [1.165, 1.54) is 7.11 Å². The van der Waals surface area contributed by atoms with Crippen LogP contribution in [-0.2, 0) is 9.53 Å². The average Bonchev–Trinajstić information content (AvgIpc) is 2.47. The lowest BCUT2D eigenvalue weighted by Crippen LogP contribution is -2.33. The van der Waals surface area contributed by atoms with Gasteiger partial charge in [-0.2, -0.15) is 0 Å². The standard InChI is InChI=1S/C14H19NO4/c1-4-15(9-8-13(16)19-3)14(17)11-6-5-7-12(10-11)18-2/h5-7,10H,4,8-9H2,1-3H3. The third-order valence-electron chi connectivity index (χ3n) is 2.80. The quantitative estimate of drug-likeness (QED) is 0.735. The number of methoxy groups -OCH3 is 2. The molecule has 0 aliphatic rings. The molecule has 0 aliphatic heterocycles. The predicted molar refractivity (Wildman–Crippen MR) is 71.2 cm³/mol. The van der Waals surface area contributed by atoms with Crippen molar-refractivity contribution in [3.8, 4) is 5.75 Å². The Kier molecular flexibility index (Phi) is 5.85. The van der Waals surface area contributed by atoms with E-state index in [2.05, 4.69) is 4.74 Å². The average molecular weight is 265 g/mol. The minimum absolute atomic E-state index is 0.120. The Bertz CT molecular complexity index is 445. The molecule has 1 amide bonds. The van der Waals surface area contributed by atoms with Gasteiger partial charge in [0.05, 0.1) is 20.6 Å². The van der Waals surface area contributed by atoms with Crippen molar-refractivity contribution >= 4 is 11.9 Å². The molecule has 0 N–H and O–H groups in total. The van der Waals surface area contributed by atoms with Crippen molar-refractivity contribution in [2.75, 3.05) is 27.3 Å². The first-order valence-electron chi connectivity index (χ1n) is 6.12. The van der Waals surface area contributed by atoms with Crippen molar-refractivity contribution in [1.82, 2.24) is 4.90 Å². The molecule has 5 heteroatoms. The van der Waals surface area contributed by atoms with Gasteiger partial charge in [0.25, 0.3) is 5.91 Å². The van der Waals surface area contributed by atoms with Crippen LogP contribution < -0.4 is 4.74 Å². The summed E-state index contributed by atoms with van der Waals surface area (Å²) < 4.78 is 9.66. The topological polar surface area (TPSA) is 55.8 Å². The largest absolute Gasteiger partial charge is 0.497 e. The number of benzene rings is 1. The van der Waals surface area contributed by atoms with Crippen LogP contribution in [0.5, 0.6) is 5.75 Å². The van der Waals surface area contributed by atoms with Gasteiger partial charge in [0, 0.05) is 18.7 Å². The highest BCUT2D eigenvalue weighted by Crippen LogP contribution is 2.14. The van der Waals surface area contributed by atoms with Crippen molar-refractivity contribution in [3.63, 3.8) is 0 Å². The molecule has 5 nitrogen and oxygen atoms in total. The molecule has 0 heterocycles. The number of carbonyl (C=O) groups excluding carboxylic acids is 2. The van der Waals surface area contributed by atoms with E-state index in [0.29, 0.717) is 24.4 Å². The number of carbonyl (C=O) groups is 2. The van der Waals surface area contributed by atoms with Gasteiger partial charge in [-0.1, -0.05) is 6.07 Å². The lowest BCUT2D eigenvalue weighted by molar-refractivity contribution is -0.140. The Balaban J connectivity index is 2.74. The van der Waals surface area contributed by atoms with Gasteiger partial charge in [-0.3, -0.25) is 9.59 Å². The maximum absolute atomic E-state index is 12.3. The van der Waals surface area contributed by atoms with Gasteiger partial charge in [0.1, 0.15) is 5.75 Å². The Labute approximate surface area is 113 Å². The van der Waals surface area contributed by atoms with Crippen LogP contribution in [0.1, 0.15) is 23.7 Å². The number of hydrogen-bond donors (Lipinski definition) is 0. The lowest BCUT2D eigenvalue weighted by Gasteiger charge is -2.20. The maximum atomic E-state index is 12.3. The molecular weight excluding hydrogens is 246 g/mol. The Morgan fingerprint density at radius 2 is 2.00 bits per heavy atom. The fourth-order valence-electron chi connectivity index (χ4n) is 1.67. The van der Waals surface area contributed by atoms with E-state index in [-0.39, 0.29) is 18.3 Å². The highest BCUT2D eigenvalue weighted by Gasteiger charge is 2.15. The zero-order valence-electron chi connectivity index (χ0n) is 11.5. The smallest absolute Gasteiger partial charge is 0.307 e. The minimum atomic E-state index is -0.322. The highest BCUT2D eigenvalue weighted by molar-refractivity contribution is 5.94. The second-order valence-electron chi connectivity index (χ2n) is 3.94. The van der Waals surface area contributed by atoms with Crippen LogP contribution >= 0.6 is 0 Å². The minimum Gasteiger partial charge on any atom is -0.497 e. The fourth-order valence-corrected chi connectivity index (χ4v) is 1.67. The van der Waals surface area contributed by atoms with E-state index in [1.54, 1.807) is 36.3 Å². The van der Waals surface area contributed by atoms with E-state index in [0.717, 1.165) is 0 Å². The molecule has 0 saturated heterocycles. The van der Waals surface area contributed by atoms with Gasteiger partial charge in [-0.15, -0.1) is 0 Å². The normalized spacial score (nSPS) is 9.84. The summed E-state index contributed by atoms with van der Waals surface area (Å²) in [5.41, 5.74) is 0.547. The molecule has 104 valence electrons. The molecule has 0 aromatic heterocycles. The predicted octanol–water partition coefficient (Wildman–Crippen LogP) is 1.72. The molecule has 1 rings (SSSR count). The number of esters is 1. The van der Waals surface area contributed by atoms with Crippen LogP contribution in [0.2, 0.25) is 0 Å². The number of nitrogens with zero attached hydrogens (tertiary/aromatic N) is 1. The van der Waals surface area contributed by atoms with Crippen LogP contribution in [-0.4, -0.2) is 44.1 Å². The molecule has 1 aromatic rings. The number of hydrogen-bond acceptors (Lipinski definition) is 4. The second-order valence-corrected chi connectivity index (χ2v) is 3.94. The molecule has 0 saturated carbocycles. The van der Waals surface area contributed by atoms with Gasteiger partial charge in [-0.25, -0.2) is 0 Å². The van der Waals surface area contributed by atoms with Crippen molar-refractivity contribution in [2.24, 2.45) is 0 Å².